The van der Waals surface area contributed by atoms with Crippen LogP contribution in [0.25, 0.3) is 0 Å². The minimum absolute atomic E-state index is 0.664. The number of hydrogen-bond donors (Lipinski definition) is 0. The molecule has 0 aromatic heterocycles. The number of para-hydroxylation sites is 1. The molecule has 0 aliphatic carbocycles. The molecule has 2 aromatic carbocycles. The Morgan fingerprint density at radius 2 is 1.85 bits per heavy atom. The Morgan fingerprint density at radius 3 is 2.45 bits per heavy atom. The molecule has 0 radical (unpaired) electrons. The van der Waals surface area contributed by atoms with E-state index >= 15 is 0 Å². The van der Waals surface area contributed by atoms with Gasteiger partial charge in [0.25, 0.3) is 0 Å². The van der Waals surface area contributed by atoms with Crippen LogP contribution in [0.15, 0.2) is 53.0 Å². The van der Waals surface area contributed by atoms with E-state index in [-0.39, 0.29) is 0 Å². The van der Waals surface area contributed by atoms with Crippen LogP contribution in [0.1, 0.15) is 25.3 Å². The van der Waals surface area contributed by atoms with Gasteiger partial charge in [-0.25, -0.2) is 0 Å². The third-order valence-electron chi connectivity index (χ3n) is 3.19. The van der Waals surface area contributed by atoms with E-state index in [0.717, 1.165) is 29.5 Å². The smallest absolute Gasteiger partial charge is 0.100 e. The minimum Gasteiger partial charge on any atom is -0.341 e. The molecule has 0 bridgehead atoms. The van der Waals surface area contributed by atoms with Gasteiger partial charge in [-0.3, -0.25) is 0 Å². The molecule has 20 heavy (non-hydrogen) atoms. The fraction of sp³-hybridized carbons (Fsp3) is 0.235. The van der Waals surface area contributed by atoms with E-state index in [1.54, 1.807) is 0 Å². The second-order valence-corrected chi connectivity index (χ2v) is 5.47. The van der Waals surface area contributed by atoms with Crippen LogP contribution in [0.4, 0.5) is 11.4 Å². The van der Waals surface area contributed by atoms with Crippen molar-refractivity contribution >= 4 is 27.3 Å². The topological polar surface area (TPSA) is 27.0 Å². The van der Waals surface area contributed by atoms with E-state index in [1.807, 2.05) is 36.4 Å². The lowest BCUT2D eigenvalue weighted by Gasteiger charge is -2.25. The van der Waals surface area contributed by atoms with E-state index in [0.29, 0.717) is 5.56 Å². The van der Waals surface area contributed by atoms with E-state index in [1.165, 1.54) is 5.69 Å². The van der Waals surface area contributed by atoms with Crippen molar-refractivity contribution < 1.29 is 0 Å². The summed E-state index contributed by atoms with van der Waals surface area (Å²) in [6, 6.07) is 18.4. The molecular formula is C17H17BrN2. The number of benzene rings is 2. The molecule has 0 fully saturated rings. The minimum atomic E-state index is 0.664. The number of nitrogens with zero attached hydrogens (tertiary/aromatic N) is 2. The van der Waals surface area contributed by atoms with Crippen LogP contribution in [0.2, 0.25) is 0 Å². The van der Waals surface area contributed by atoms with Crippen molar-refractivity contribution in [2.75, 3.05) is 11.4 Å². The first-order valence-corrected chi connectivity index (χ1v) is 7.57. The summed E-state index contributed by atoms with van der Waals surface area (Å²) in [7, 11) is 0. The van der Waals surface area contributed by atoms with E-state index in [9.17, 15) is 0 Å². The monoisotopic (exact) mass is 328 g/mol. The highest BCUT2D eigenvalue weighted by atomic mass is 79.9. The molecule has 0 aliphatic rings. The maximum atomic E-state index is 9.01. The Bertz CT molecular complexity index is 602. The van der Waals surface area contributed by atoms with Gasteiger partial charge in [0.05, 0.1) is 5.56 Å². The van der Waals surface area contributed by atoms with Crippen LogP contribution in [0.5, 0.6) is 0 Å². The molecule has 2 aromatic rings. The second kappa shape index (κ2) is 7.12. The first kappa shape index (κ1) is 14.6. The van der Waals surface area contributed by atoms with Crippen molar-refractivity contribution in [2.45, 2.75) is 19.8 Å². The largest absolute Gasteiger partial charge is 0.341 e. The van der Waals surface area contributed by atoms with Crippen molar-refractivity contribution in [3.8, 4) is 6.07 Å². The molecule has 0 heterocycles. The Balaban J connectivity index is 2.36. The number of hydrogen-bond acceptors (Lipinski definition) is 2. The quantitative estimate of drug-likeness (QED) is 0.748. The molecule has 0 spiro atoms. The Morgan fingerprint density at radius 1 is 1.10 bits per heavy atom. The summed E-state index contributed by atoms with van der Waals surface area (Å²) in [6.45, 7) is 3.16. The van der Waals surface area contributed by atoms with Crippen molar-refractivity contribution in [1.82, 2.24) is 0 Å². The molecule has 0 atom stereocenters. The third kappa shape index (κ3) is 3.40. The maximum Gasteiger partial charge on any atom is 0.100 e. The average Bonchev–Trinajstić information content (AvgIpc) is 2.49. The van der Waals surface area contributed by atoms with Crippen LogP contribution < -0.4 is 4.90 Å². The zero-order valence-corrected chi connectivity index (χ0v) is 13.1. The van der Waals surface area contributed by atoms with Gasteiger partial charge in [-0.05, 0) is 52.7 Å². The lowest BCUT2D eigenvalue weighted by Crippen LogP contribution is -2.18. The summed E-state index contributed by atoms with van der Waals surface area (Å²) in [4.78, 5) is 2.29. The lowest BCUT2D eigenvalue weighted by atomic mass is 10.1. The van der Waals surface area contributed by atoms with Crippen molar-refractivity contribution in [3.05, 3.63) is 58.6 Å². The van der Waals surface area contributed by atoms with E-state index in [4.69, 9.17) is 5.26 Å². The van der Waals surface area contributed by atoms with Gasteiger partial charge in [0.15, 0.2) is 0 Å². The van der Waals surface area contributed by atoms with Gasteiger partial charge in [-0.15, -0.1) is 0 Å². The SMILES string of the molecule is CCCCN(c1ccccc1)c1ccc(C#N)c(Br)c1. The van der Waals surface area contributed by atoms with Gasteiger partial charge in [0.2, 0.25) is 0 Å². The summed E-state index contributed by atoms with van der Waals surface area (Å²) < 4.78 is 0.843. The van der Waals surface area contributed by atoms with Crippen molar-refractivity contribution in [3.63, 3.8) is 0 Å². The van der Waals surface area contributed by atoms with Crippen LogP contribution in [-0.4, -0.2) is 6.54 Å². The van der Waals surface area contributed by atoms with Crippen LogP contribution in [0, 0.1) is 11.3 Å². The standard InChI is InChI=1S/C17H17BrN2/c1-2-3-11-20(15-7-5-4-6-8-15)16-10-9-14(13-19)17(18)12-16/h4-10,12H,2-3,11H2,1H3. The summed E-state index contributed by atoms with van der Waals surface area (Å²) in [5.74, 6) is 0. The molecule has 102 valence electrons. The zero-order chi connectivity index (χ0) is 14.4. The number of anilines is 2. The van der Waals surface area contributed by atoms with Crippen LogP contribution in [-0.2, 0) is 0 Å². The van der Waals surface area contributed by atoms with Crippen LogP contribution >= 0.6 is 15.9 Å². The van der Waals surface area contributed by atoms with Gasteiger partial charge < -0.3 is 4.90 Å². The fourth-order valence-electron chi connectivity index (χ4n) is 2.09. The summed E-state index contributed by atoms with van der Waals surface area (Å²) in [5, 5.41) is 9.01. The molecule has 2 nitrogen and oxygen atoms in total. The van der Waals surface area contributed by atoms with Gasteiger partial charge in [0.1, 0.15) is 6.07 Å². The van der Waals surface area contributed by atoms with Gasteiger partial charge in [-0.2, -0.15) is 5.26 Å². The highest BCUT2D eigenvalue weighted by Gasteiger charge is 2.10. The lowest BCUT2D eigenvalue weighted by molar-refractivity contribution is 0.785. The first-order valence-electron chi connectivity index (χ1n) is 6.78. The summed E-state index contributed by atoms with van der Waals surface area (Å²) >= 11 is 3.47. The van der Waals surface area contributed by atoms with Gasteiger partial charge >= 0.3 is 0 Å². The molecule has 0 N–H and O–H groups in total. The molecule has 0 amide bonds. The van der Waals surface area contributed by atoms with Gasteiger partial charge in [-0.1, -0.05) is 31.5 Å². The van der Waals surface area contributed by atoms with Crippen molar-refractivity contribution in [2.24, 2.45) is 0 Å². The first-order chi connectivity index (χ1) is 9.76. The number of rotatable bonds is 5. The fourth-order valence-corrected chi connectivity index (χ4v) is 2.55. The molecule has 2 rings (SSSR count). The van der Waals surface area contributed by atoms with E-state index in [2.05, 4.69) is 46.0 Å². The Kier molecular flexibility index (Phi) is 5.20. The summed E-state index contributed by atoms with van der Waals surface area (Å²) in [6.07, 6.45) is 2.29. The normalized spacial score (nSPS) is 10.1. The number of halogens is 1. The zero-order valence-electron chi connectivity index (χ0n) is 11.5. The number of unbranched alkanes of at least 4 members (excludes halogenated alkanes) is 1. The predicted molar refractivity (Wildman–Crippen MR) is 87.2 cm³/mol. The molecule has 0 aliphatic heterocycles. The van der Waals surface area contributed by atoms with E-state index < -0.39 is 0 Å². The average molecular weight is 329 g/mol. The molecule has 3 heteroatoms. The molecular weight excluding hydrogens is 312 g/mol. The highest BCUT2D eigenvalue weighted by molar-refractivity contribution is 9.10. The second-order valence-electron chi connectivity index (χ2n) is 4.62. The molecule has 0 unspecified atom stereocenters. The van der Waals surface area contributed by atoms with Gasteiger partial charge in [0, 0.05) is 22.4 Å². The molecule has 0 saturated heterocycles. The third-order valence-corrected chi connectivity index (χ3v) is 3.84. The van der Waals surface area contributed by atoms with Crippen molar-refractivity contribution in [1.29, 1.82) is 5.26 Å². The van der Waals surface area contributed by atoms with Crippen LogP contribution in [0.3, 0.4) is 0 Å². The summed E-state index contributed by atoms with van der Waals surface area (Å²) in [5.41, 5.74) is 2.95. The molecule has 0 saturated carbocycles. The Hall–Kier alpha value is -1.79. The Labute approximate surface area is 128 Å². The number of nitriles is 1. The maximum absolute atomic E-state index is 9.01. The predicted octanol–water partition coefficient (Wildman–Crippen LogP) is 5.26. The highest BCUT2D eigenvalue weighted by Crippen LogP contribution is 2.29.